The number of nitrogens with one attached hydrogen (secondary N) is 1. The molecule has 0 aliphatic carbocycles. The van der Waals surface area contributed by atoms with Gasteiger partial charge in [-0.3, -0.25) is 0 Å². The lowest BCUT2D eigenvalue weighted by molar-refractivity contribution is -0.0122. The minimum Gasteiger partial charge on any atom is -0.489 e. The fourth-order valence-electron chi connectivity index (χ4n) is 1.72. The van der Waals surface area contributed by atoms with Gasteiger partial charge in [-0.1, -0.05) is 24.6 Å². The van der Waals surface area contributed by atoms with Gasteiger partial charge in [0.15, 0.2) is 0 Å². The summed E-state index contributed by atoms with van der Waals surface area (Å²) in [7, 11) is 0. The molecular formula is C16H26ClNO3. The first-order valence-electron chi connectivity index (χ1n) is 7.44. The molecule has 4 nitrogen and oxygen atoms in total. The molecule has 1 unspecified atom stereocenters. The van der Waals surface area contributed by atoms with Crippen LogP contribution in [-0.2, 0) is 11.3 Å². The van der Waals surface area contributed by atoms with E-state index in [0.29, 0.717) is 10.8 Å². The topological polar surface area (TPSA) is 50.7 Å². The van der Waals surface area contributed by atoms with Crippen LogP contribution >= 0.6 is 11.6 Å². The van der Waals surface area contributed by atoms with E-state index in [0.717, 1.165) is 25.1 Å². The summed E-state index contributed by atoms with van der Waals surface area (Å²) in [6.45, 7) is 8.18. The zero-order valence-electron chi connectivity index (χ0n) is 13.1. The summed E-state index contributed by atoms with van der Waals surface area (Å²) in [5.41, 5.74) is 1.12. The molecule has 1 atom stereocenters. The van der Waals surface area contributed by atoms with E-state index >= 15 is 0 Å². The van der Waals surface area contributed by atoms with Crippen LogP contribution in [0.1, 0.15) is 32.8 Å². The van der Waals surface area contributed by atoms with Crippen LogP contribution in [0.2, 0.25) is 5.02 Å². The predicted octanol–water partition coefficient (Wildman–Crippen LogP) is 3.00. The summed E-state index contributed by atoms with van der Waals surface area (Å²) in [5.74, 6) is 0.583. The maximum absolute atomic E-state index is 9.75. The van der Waals surface area contributed by atoms with Crippen molar-refractivity contribution in [2.24, 2.45) is 0 Å². The van der Waals surface area contributed by atoms with Crippen molar-refractivity contribution < 1.29 is 14.6 Å². The van der Waals surface area contributed by atoms with Crippen LogP contribution in [0.25, 0.3) is 0 Å². The second-order valence-electron chi connectivity index (χ2n) is 5.29. The van der Waals surface area contributed by atoms with E-state index < -0.39 is 6.10 Å². The van der Waals surface area contributed by atoms with Crippen molar-refractivity contribution in [1.29, 1.82) is 0 Å². The highest BCUT2D eigenvalue weighted by molar-refractivity contribution is 6.32. The lowest BCUT2D eigenvalue weighted by atomic mass is 10.2. The average molecular weight is 316 g/mol. The number of aliphatic hydroxyl groups is 1. The third kappa shape index (κ3) is 7.67. The second-order valence-corrected chi connectivity index (χ2v) is 5.70. The van der Waals surface area contributed by atoms with Crippen molar-refractivity contribution in [3.05, 3.63) is 28.8 Å². The van der Waals surface area contributed by atoms with Gasteiger partial charge < -0.3 is 19.9 Å². The molecule has 2 N–H and O–H groups in total. The Morgan fingerprint density at radius 2 is 2.05 bits per heavy atom. The number of hydrogen-bond donors (Lipinski definition) is 2. The summed E-state index contributed by atoms with van der Waals surface area (Å²) in [5, 5.41) is 13.6. The van der Waals surface area contributed by atoms with E-state index in [1.807, 2.05) is 32.0 Å². The van der Waals surface area contributed by atoms with Gasteiger partial charge in [-0.05, 0) is 44.5 Å². The molecule has 5 heteroatoms. The monoisotopic (exact) mass is 315 g/mol. The SMILES string of the molecule is CCCNCc1ccc(OCC(O)COC(C)C)c(Cl)c1. The van der Waals surface area contributed by atoms with Crippen LogP contribution in [0.5, 0.6) is 5.75 Å². The molecule has 1 aromatic carbocycles. The Hall–Kier alpha value is -0.810. The fourth-order valence-corrected chi connectivity index (χ4v) is 1.98. The molecule has 0 heterocycles. The van der Waals surface area contributed by atoms with Gasteiger partial charge in [-0.15, -0.1) is 0 Å². The fraction of sp³-hybridized carbons (Fsp3) is 0.625. The van der Waals surface area contributed by atoms with Crippen LogP contribution in [0.4, 0.5) is 0 Å². The molecule has 0 aliphatic rings. The number of halogens is 1. The summed E-state index contributed by atoms with van der Waals surface area (Å²) in [4.78, 5) is 0. The van der Waals surface area contributed by atoms with Crippen LogP contribution in [0.3, 0.4) is 0 Å². The van der Waals surface area contributed by atoms with Crippen molar-refractivity contribution in [2.45, 2.75) is 45.9 Å². The molecule has 120 valence electrons. The molecule has 0 aromatic heterocycles. The van der Waals surface area contributed by atoms with Crippen LogP contribution in [0, 0.1) is 0 Å². The van der Waals surface area contributed by atoms with Gasteiger partial charge in [0.25, 0.3) is 0 Å². The summed E-state index contributed by atoms with van der Waals surface area (Å²) in [6, 6.07) is 5.69. The first-order chi connectivity index (χ1) is 10.0. The standard InChI is InChI=1S/C16H26ClNO3/c1-4-7-18-9-13-5-6-16(15(17)8-13)21-11-14(19)10-20-12(2)3/h5-6,8,12,14,18-19H,4,7,9-11H2,1-3H3. The molecule has 0 saturated heterocycles. The molecule has 0 amide bonds. The summed E-state index contributed by atoms with van der Waals surface area (Å²) >= 11 is 6.19. The predicted molar refractivity (Wildman–Crippen MR) is 86.0 cm³/mol. The normalized spacial score (nSPS) is 12.7. The number of rotatable bonds is 10. The molecule has 0 radical (unpaired) electrons. The number of benzene rings is 1. The Kier molecular flexibility index (Phi) is 8.69. The molecule has 0 bridgehead atoms. The number of ether oxygens (including phenoxy) is 2. The molecule has 1 rings (SSSR count). The van der Waals surface area contributed by atoms with Crippen molar-refractivity contribution in [2.75, 3.05) is 19.8 Å². The van der Waals surface area contributed by atoms with Crippen molar-refractivity contribution in [3.63, 3.8) is 0 Å². The molecule has 0 spiro atoms. The Labute approximate surface area is 132 Å². The molecular weight excluding hydrogens is 290 g/mol. The van der Waals surface area contributed by atoms with E-state index in [1.54, 1.807) is 0 Å². The van der Waals surface area contributed by atoms with Gasteiger partial charge in [-0.25, -0.2) is 0 Å². The lowest BCUT2D eigenvalue weighted by Gasteiger charge is -2.15. The van der Waals surface area contributed by atoms with Gasteiger partial charge in [-0.2, -0.15) is 0 Å². The van der Waals surface area contributed by atoms with Gasteiger partial charge >= 0.3 is 0 Å². The number of aliphatic hydroxyl groups excluding tert-OH is 1. The maximum Gasteiger partial charge on any atom is 0.138 e. The Balaban J connectivity index is 2.41. The van der Waals surface area contributed by atoms with Crippen molar-refractivity contribution in [1.82, 2.24) is 5.32 Å². The highest BCUT2D eigenvalue weighted by atomic mass is 35.5. The minimum absolute atomic E-state index is 0.0955. The maximum atomic E-state index is 9.75. The summed E-state index contributed by atoms with van der Waals surface area (Å²) in [6.07, 6.45) is 0.540. The smallest absolute Gasteiger partial charge is 0.138 e. The Morgan fingerprint density at radius 3 is 2.67 bits per heavy atom. The second kappa shape index (κ2) is 10.0. The first kappa shape index (κ1) is 18.2. The third-order valence-electron chi connectivity index (χ3n) is 2.81. The zero-order valence-corrected chi connectivity index (χ0v) is 13.8. The van der Waals surface area contributed by atoms with Crippen LogP contribution in [-0.4, -0.2) is 37.1 Å². The van der Waals surface area contributed by atoms with Gasteiger partial charge in [0, 0.05) is 6.54 Å². The molecule has 0 saturated carbocycles. The highest BCUT2D eigenvalue weighted by Crippen LogP contribution is 2.25. The first-order valence-corrected chi connectivity index (χ1v) is 7.82. The minimum atomic E-state index is -0.658. The van der Waals surface area contributed by atoms with Gasteiger partial charge in [0.1, 0.15) is 18.5 Å². The van der Waals surface area contributed by atoms with Crippen molar-refractivity contribution >= 4 is 11.6 Å². The van der Waals surface area contributed by atoms with Crippen LogP contribution < -0.4 is 10.1 Å². The van der Waals surface area contributed by atoms with E-state index in [2.05, 4.69) is 12.2 Å². The zero-order chi connectivity index (χ0) is 15.7. The highest BCUT2D eigenvalue weighted by Gasteiger charge is 2.09. The third-order valence-corrected chi connectivity index (χ3v) is 3.10. The van der Waals surface area contributed by atoms with E-state index in [-0.39, 0.29) is 19.3 Å². The quantitative estimate of drug-likeness (QED) is 0.652. The van der Waals surface area contributed by atoms with Gasteiger partial charge in [0.2, 0.25) is 0 Å². The number of hydrogen-bond acceptors (Lipinski definition) is 4. The molecule has 1 aromatic rings. The summed E-state index contributed by atoms with van der Waals surface area (Å²) < 4.78 is 10.9. The lowest BCUT2D eigenvalue weighted by Crippen LogP contribution is -2.25. The van der Waals surface area contributed by atoms with Gasteiger partial charge in [0.05, 0.1) is 17.7 Å². The average Bonchev–Trinajstić information content (AvgIpc) is 2.44. The van der Waals surface area contributed by atoms with E-state index in [1.165, 1.54) is 0 Å². The van der Waals surface area contributed by atoms with E-state index in [4.69, 9.17) is 21.1 Å². The largest absolute Gasteiger partial charge is 0.489 e. The molecule has 0 fully saturated rings. The Morgan fingerprint density at radius 1 is 1.29 bits per heavy atom. The van der Waals surface area contributed by atoms with Crippen LogP contribution in [0.15, 0.2) is 18.2 Å². The van der Waals surface area contributed by atoms with Crippen molar-refractivity contribution in [3.8, 4) is 5.75 Å². The molecule has 21 heavy (non-hydrogen) atoms. The molecule has 0 aliphatic heterocycles. The Bertz CT molecular complexity index is 413. The van der Waals surface area contributed by atoms with E-state index in [9.17, 15) is 5.11 Å².